The summed E-state index contributed by atoms with van der Waals surface area (Å²) in [6.07, 6.45) is 0. The van der Waals surface area contributed by atoms with Gasteiger partial charge in [-0.05, 0) is 58.0 Å². The van der Waals surface area contributed by atoms with Crippen LogP contribution in [0.3, 0.4) is 0 Å². The molecule has 1 atom stereocenters. The predicted molar refractivity (Wildman–Crippen MR) is 107 cm³/mol. The number of ketones is 1. The Kier molecular flexibility index (Phi) is 5.41. The first-order valence-electron chi connectivity index (χ1n) is 8.54. The first-order chi connectivity index (χ1) is 12.8. The number of nitrogens with one attached hydrogen (secondary N) is 2. The van der Waals surface area contributed by atoms with Crippen LogP contribution in [0.15, 0.2) is 36.4 Å². The van der Waals surface area contributed by atoms with E-state index in [1.807, 2.05) is 32.0 Å². The summed E-state index contributed by atoms with van der Waals surface area (Å²) >= 11 is 5.94. The third-order valence-corrected chi connectivity index (χ3v) is 4.26. The lowest BCUT2D eigenvalue weighted by atomic mass is 10.2. The number of rotatable bonds is 6. The largest absolute Gasteiger partial charge is 0.360 e. The van der Waals surface area contributed by atoms with E-state index in [1.54, 1.807) is 29.8 Å². The van der Waals surface area contributed by atoms with Crippen molar-refractivity contribution < 1.29 is 4.79 Å². The summed E-state index contributed by atoms with van der Waals surface area (Å²) in [6.45, 7) is 7.18. The van der Waals surface area contributed by atoms with E-state index >= 15 is 0 Å². The second kappa shape index (κ2) is 7.75. The van der Waals surface area contributed by atoms with Crippen molar-refractivity contribution in [2.45, 2.75) is 33.7 Å². The molecule has 0 radical (unpaired) electrons. The summed E-state index contributed by atoms with van der Waals surface area (Å²) in [6, 6.07) is 10.7. The standard InChI is InChI=1S/C19H21ClN6O/c1-11-9-12(2)26(25-11)19-23-17(21-13(3)14(4)27)10-18(24-19)22-16-7-5-15(20)6-8-16/h5-10,13H,1-4H3,(H2,21,22,23,24). The summed E-state index contributed by atoms with van der Waals surface area (Å²) in [7, 11) is 0. The second-order valence-corrected chi connectivity index (χ2v) is 6.82. The van der Waals surface area contributed by atoms with Gasteiger partial charge in [-0.25, -0.2) is 4.68 Å². The van der Waals surface area contributed by atoms with Gasteiger partial charge in [0.15, 0.2) is 5.78 Å². The van der Waals surface area contributed by atoms with Gasteiger partial charge in [0.1, 0.15) is 11.6 Å². The van der Waals surface area contributed by atoms with Gasteiger partial charge in [0.25, 0.3) is 5.95 Å². The van der Waals surface area contributed by atoms with E-state index in [2.05, 4.69) is 25.7 Å². The Hall–Kier alpha value is -2.93. The Balaban J connectivity index is 2.00. The van der Waals surface area contributed by atoms with E-state index in [0.717, 1.165) is 17.1 Å². The third kappa shape index (κ3) is 4.62. The average Bonchev–Trinajstić information content (AvgIpc) is 2.95. The number of hydrogen-bond donors (Lipinski definition) is 2. The monoisotopic (exact) mass is 384 g/mol. The van der Waals surface area contributed by atoms with Crippen molar-refractivity contribution in [2.24, 2.45) is 0 Å². The number of halogens is 1. The number of benzene rings is 1. The van der Waals surface area contributed by atoms with Crippen molar-refractivity contribution in [2.75, 3.05) is 10.6 Å². The van der Waals surface area contributed by atoms with Gasteiger partial charge in [-0.2, -0.15) is 15.1 Å². The predicted octanol–water partition coefficient (Wildman–Crippen LogP) is 4.07. The summed E-state index contributed by atoms with van der Waals surface area (Å²) in [5, 5.41) is 11.4. The van der Waals surface area contributed by atoms with Crippen LogP contribution >= 0.6 is 11.6 Å². The fourth-order valence-electron chi connectivity index (χ4n) is 2.50. The zero-order valence-corrected chi connectivity index (χ0v) is 16.4. The molecule has 140 valence electrons. The quantitative estimate of drug-likeness (QED) is 0.666. The van der Waals surface area contributed by atoms with Crippen LogP contribution < -0.4 is 10.6 Å². The van der Waals surface area contributed by atoms with Crippen LogP contribution in [0.1, 0.15) is 25.2 Å². The van der Waals surface area contributed by atoms with Crippen LogP contribution in [-0.2, 0) is 4.79 Å². The van der Waals surface area contributed by atoms with Gasteiger partial charge in [0.2, 0.25) is 0 Å². The highest BCUT2D eigenvalue weighted by Crippen LogP contribution is 2.21. The number of anilines is 3. The van der Waals surface area contributed by atoms with Gasteiger partial charge in [-0.1, -0.05) is 11.6 Å². The Labute approximate surface area is 162 Å². The molecular weight excluding hydrogens is 364 g/mol. The molecule has 0 aliphatic rings. The molecule has 3 aromatic rings. The summed E-state index contributed by atoms with van der Waals surface area (Å²) in [5.41, 5.74) is 2.63. The van der Waals surface area contributed by atoms with Crippen LogP contribution in [0.25, 0.3) is 5.95 Å². The number of carbonyl (C=O) groups is 1. The minimum absolute atomic E-state index is 0.0217. The summed E-state index contributed by atoms with van der Waals surface area (Å²) in [4.78, 5) is 20.7. The number of aromatic nitrogens is 4. The molecule has 0 bridgehead atoms. The average molecular weight is 385 g/mol. The number of aryl methyl sites for hydroxylation is 2. The number of Topliss-reactive ketones (excluding diaryl/α,β-unsaturated/α-hetero) is 1. The molecule has 2 N–H and O–H groups in total. The molecule has 0 fully saturated rings. The lowest BCUT2D eigenvalue weighted by Crippen LogP contribution is -2.24. The molecule has 27 heavy (non-hydrogen) atoms. The second-order valence-electron chi connectivity index (χ2n) is 6.39. The van der Waals surface area contributed by atoms with Gasteiger partial charge < -0.3 is 10.6 Å². The smallest absolute Gasteiger partial charge is 0.254 e. The van der Waals surface area contributed by atoms with Gasteiger partial charge in [0.05, 0.1) is 11.7 Å². The molecule has 0 amide bonds. The van der Waals surface area contributed by atoms with E-state index in [9.17, 15) is 4.79 Å². The molecule has 1 aromatic carbocycles. The maximum Gasteiger partial charge on any atom is 0.254 e. The Morgan fingerprint density at radius 2 is 1.78 bits per heavy atom. The maximum absolute atomic E-state index is 11.6. The molecule has 3 rings (SSSR count). The van der Waals surface area contributed by atoms with Crippen molar-refractivity contribution >= 4 is 34.7 Å². The van der Waals surface area contributed by atoms with Crippen molar-refractivity contribution in [1.29, 1.82) is 0 Å². The van der Waals surface area contributed by atoms with Crippen molar-refractivity contribution in [3.63, 3.8) is 0 Å². The highest BCUT2D eigenvalue weighted by atomic mass is 35.5. The van der Waals surface area contributed by atoms with Crippen molar-refractivity contribution in [1.82, 2.24) is 19.7 Å². The van der Waals surface area contributed by atoms with Gasteiger partial charge >= 0.3 is 0 Å². The minimum Gasteiger partial charge on any atom is -0.360 e. The van der Waals surface area contributed by atoms with Crippen molar-refractivity contribution in [3.05, 3.63) is 52.8 Å². The topological polar surface area (TPSA) is 84.7 Å². The van der Waals surface area contributed by atoms with Gasteiger partial charge in [0, 0.05) is 22.5 Å². The molecule has 0 saturated heterocycles. The highest BCUT2D eigenvalue weighted by Gasteiger charge is 2.14. The highest BCUT2D eigenvalue weighted by molar-refractivity contribution is 6.30. The first kappa shape index (κ1) is 18.8. The van der Waals surface area contributed by atoms with E-state index < -0.39 is 0 Å². The zero-order valence-electron chi connectivity index (χ0n) is 15.6. The molecule has 2 heterocycles. The van der Waals surface area contributed by atoms with Crippen LogP contribution in [0, 0.1) is 13.8 Å². The fourth-order valence-corrected chi connectivity index (χ4v) is 2.63. The summed E-state index contributed by atoms with van der Waals surface area (Å²) < 4.78 is 1.67. The van der Waals surface area contributed by atoms with E-state index in [0.29, 0.717) is 22.6 Å². The Morgan fingerprint density at radius 1 is 1.11 bits per heavy atom. The molecule has 0 aliphatic heterocycles. The normalized spacial score (nSPS) is 11.9. The van der Waals surface area contributed by atoms with Gasteiger partial charge in [-0.15, -0.1) is 0 Å². The summed E-state index contributed by atoms with van der Waals surface area (Å²) in [5.74, 6) is 1.55. The molecular formula is C19H21ClN6O. The van der Waals surface area contributed by atoms with Crippen LogP contribution in [-0.4, -0.2) is 31.6 Å². The lowest BCUT2D eigenvalue weighted by molar-refractivity contribution is -0.117. The number of carbonyl (C=O) groups excluding carboxylic acids is 1. The maximum atomic E-state index is 11.6. The fraction of sp³-hybridized carbons (Fsp3) is 0.263. The lowest BCUT2D eigenvalue weighted by Gasteiger charge is -2.15. The molecule has 1 unspecified atom stereocenters. The first-order valence-corrected chi connectivity index (χ1v) is 8.92. The SMILES string of the molecule is CC(=O)C(C)Nc1cc(Nc2ccc(Cl)cc2)nc(-n2nc(C)cc2C)n1. The van der Waals surface area contributed by atoms with E-state index in [-0.39, 0.29) is 11.8 Å². The van der Waals surface area contributed by atoms with Gasteiger partial charge in [-0.3, -0.25) is 4.79 Å². The molecule has 0 saturated carbocycles. The van der Waals surface area contributed by atoms with E-state index in [4.69, 9.17) is 11.6 Å². The minimum atomic E-state index is -0.364. The number of hydrogen-bond acceptors (Lipinski definition) is 6. The zero-order chi connectivity index (χ0) is 19.6. The molecule has 7 nitrogen and oxygen atoms in total. The van der Waals surface area contributed by atoms with Crippen LogP contribution in [0.5, 0.6) is 0 Å². The van der Waals surface area contributed by atoms with Crippen LogP contribution in [0.2, 0.25) is 5.02 Å². The Morgan fingerprint density at radius 3 is 2.37 bits per heavy atom. The van der Waals surface area contributed by atoms with E-state index in [1.165, 1.54) is 6.92 Å². The Bertz CT molecular complexity index is 967. The number of nitrogens with zero attached hydrogens (tertiary/aromatic N) is 4. The van der Waals surface area contributed by atoms with Crippen LogP contribution in [0.4, 0.5) is 17.3 Å². The molecule has 8 heteroatoms. The third-order valence-electron chi connectivity index (χ3n) is 4.00. The van der Waals surface area contributed by atoms with Crippen molar-refractivity contribution in [3.8, 4) is 5.95 Å². The molecule has 2 aromatic heterocycles. The molecule has 0 aliphatic carbocycles. The molecule has 0 spiro atoms.